The molecule has 3 heteroatoms. The molecule has 1 aromatic carbocycles. The lowest BCUT2D eigenvalue weighted by molar-refractivity contribution is -0.119. The molecule has 1 unspecified atom stereocenters. The highest BCUT2D eigenvalue weighted by atomic mass is 16.5. The first-order valence-electron chi connectivity index (χ1n) is 5.71. The Morgan fingerprint density at radius 3 is 2.38 bits per heavy atom. The van der Waals surface area contributed by atoms with Gasteiger partial charge in [0, 0.05) is 0 Å². The largest absolute Gasteiger partial charge is 0.494 e. The average Bonchev–Trinajstić information content (AvgIpc) is 2.28. The molecule has 1 aromatic rings. The second kappa shape index (κ2) is 6.16. The van der Waals surface area contributed by atoms with Crippen LogP contribution in [0, 0.1) is 0 Å². The maximum atomic E-state index is 11.2. The van der Waals surface area contributed by atoms with Gasteiger partial charge in [0.1, 0.15) is 5.75 Å². The first-order valence-corrected chi connectivity index (χ1v) is 5.71. The van der Waals surface area contributed by atoms with Gasteiger partial charge in [-0.2, -0.15) is 0 Å². The van der Waals surface area contributed by atoms with Crippen LogP contribution in [0.25, 0.3) is 0 Å². The second-order valence-electron chi connectivity index (χ2n) is 3.78. The highest BCUT2D eigenvalue weighted by Crippen LogP contribution is 2.21. The van der Waals surface area contributed by atoms with E-state index < -0.39 is 0 Å². The Balaban J connectivity index is 2.73. The van der Waals surface area contributed by atoms with Crippen LogP contribution in [0.15, 0.2) is 24.3 Å². The molecule has 0 bridgehead atoms. The Kier molecular flexibility index (Phi) is 4.83. The molecule has 88 valence electrons. The van der Waals surface area contributed by atoms with Crippen LogP contribution in [0.2, 0.25) is 0 Å². The number of ether oxygens (including phenoxy) is 1. The van der Waals surface area contributed by atoms with Crippen LogP contribution in [0.4, 0.5) is 0 Å². The van der Waals surface area contributed by atoms with Gasteiger partial charge in [0.05, 0.1) is 12.5 Å². The number of carbonyl (C=O) groups is 1. The van der Waals surface area contributed by atoms with Gasteiger partial charge in [0.2, 0.25) is 5.91 Å². The van der Waals surface area contributed by atoms with Gasteiger partial charge in [-0.3, -0.25) is 4.79 Å². The van der Waals surface area contributed by atoms with Gasteiger partial charge < -0.3 is 10.5 Å². The van der Waals surface area contributed by atoms with Gasteiger partial charge in [0.25, 0.3) is 0 Å². The average molecular weight is 221 g/mol. The minimum absolute atomic E-state index is 0.194. The number of primary amides is 1. The molecule has 0 aliphatic rings. The summed E-state index contributed by atoms with van der Waals surface area (Å²) in [6.45, 7) is 4.73. The van der Waals surface area contributed by atoms with Crippen molar-refractivity contribution >= 4 is 5.91 Å². The van der Waals surface area contributed by atoms with Gasteiger partial charge in [-0.05, 0) is 30.5 Å². The predicted molar refractivity (Wildman–Crippen MR) is 64.5 cm³/mol. The lowest BCUT2D eigenvalue weighted by Crippen LogP contribution is -2.20. The van der Waals surface area contributed by atoms with Crippen molar-refractivity contribution in [1.82, 2.24) is 0 Å². The molecule has 0 aliphatic heterocycles. The monoisotopic (exact) mass is 221 g/mol. The van der Waals surface area contributed by atoms with E-state index in [0.717, 1.165) is 24.2 Å². The van der Waals surface area contributed by atoms with E-state index in [1.54, 1.807) is 0 Å². The minimum atomic E-state index is -0.273. The Hall–Kier alpha value is -1.51. The summed E-state index contributed by atoms with van der Waals surface area (Å²) < 4.78 is 5.47. The van der Waals surface area contributed by atoms with Crippen LogP contribution in [0.1, 0.15) is 38.2 Å². The minimum Gasteiger partial charge on any atom is -0.494 e. The topological polar surface area (TPSA) is 52.3 Å². The SMILES string of the molecule is CCCOc1ccc(C(CC)C(N)=O)cc1. The normalized spacial score (nSPS) is 12.1. The van der Waals surface area contributed by atoms with Gasteiger partial charge in [-0.15, -0.1) is 0 Å². The summed E-state index contributed by atoms with van der Waals surface area (Å²) in [6.07, 6.45) is 1.71. The molecule has 1 amide bonds. The molecule has 0 heterocycles. The molecular formula is C13H19NO2. The van der Waals surface area contributed by atoms with E-state index in [9.17, 15) is 4.79 Å². The van der Waals surface area contributed by atoms with Gasteiger partial charge in [-0.25, -0.2) is 0 Å². The van der Waals surface area contributed by atoms with Gasteiger partial charge >= 0.3 is 0 Å². The molecule has 0 radical (unpaired) electrons. The van der Waals surface area contributed by atoms with Gasteiger partial charge in [-0.1, -0.05) is 26.0 Å². The zero-order chi connectivity index (χ0) is 12.0. The number of rotatable bonds is 6. The predicted octanol–water partition coefficient (Wildman–Crippen LogP) is 2.45. The zero-order valence-electron chi connectivity index (χ0n) is 9.90. The zero-order valence-corrected chi connectivity index (χ0v) is 9.90. The number of carbonyl (C=O) groups excluding carboxylic acids is 1. The smallest absolute Gasteiger partial charge is 0.224 e. The number of hydrogen-bond donors (Lipinski definition) is 1. The van der Waals surface area contributed by atoms with Crippen LogP contribution in [0.3, 0.4) is 0 Å². The Labute approximate surface area is 96.6 Å². The Bertz CT molecular complexity index is 332. The standard InChI is InChI=1S/C13H19NO2/c1-3-9-16-11-7-5-10(6-8-11)12(4-2)13(14)15/h5-8,12H,3-4,9H2,1-2H3,(H2,14,15). The number of benzene rings is 1. The second-order valence-corrected chi connectivity index (χ2v) is 3.78. The molecule has 0 spiro atoms. The number of nitrogens with two attached hydrogens (primary N) is 1. The summed E-state index contributed by atoms with van der Waals surface area (Å²) >= 11 is 0. The molecule has 0 saturated heterocycles. The van der Waals surface area contributed by atoms with E-state index in [4.69, 9.17) is 10.5 Å². The van der Waals surface area contributed by atoms with E-state index >= 15 is 0 Å². The van der Waals surface area contributed by atoms with E-state index in [2.05, 4.69) is 6.92 Å². The van der Waals surface area contributed by atoms with Crippen molar-refractivity contribution in [3.8, 4) is 5.75 Å². The molecule has 0 fully saturated rings. The van der Waals surface area contributed by atoms with E-state index in [-0.39, 0.29) is 11.8 Å². The number of amides is 1. The van der Waals surface area contributed by atoms with Crippen molar-refractivity contribution in [3.05, 3.63) is 29.8 Å². The summed E-state index contributed by atoms with van der Waals surface area (Å²) in [5.41, 5.74) is 6.28. The molecule has 0 aliphatic carbocycles. The first kappa shape index (κ1) is 12.6. The maximum Gasteiger partial charge on any atom is 0.224 e. The van der Waals surface area contributed by atoms with E-state index in [0.29, 0.717) is 6.61 Å². The third kappa shape index (κ3) is 3.26. The summed E-state index contributed by atoms with van der Waals surface area (Å²) in [5.74, 6) is 0.370. The van der Waals surface area contributed by atoms with Crippen LogP contribution in [0.5, 0.6) is 5.75 Å². The van der Waals surface area contributed by atoms with Crippen molar-refractivity contribution in [1.29, 1.82) is 0 Å². The molecule has 3 nitrogen and oxygen atoms in total. The van der Waals surface area contributed by atoms with Crippen molar-refractivity contribution < 1.29 is 9.53 Å². The Morgan fingerprint density at radius 1 is 1.31 bits per heavy atom. The van der Waals surface area contributed by atoms with Crippen LogP contribution in [-0.2, 0) is 4.79 Å². The van der Waals surface area contributed by atoms with E-state index in [1.165, 1.54) is 0 Å². The quantitative estimate of drug-likeness (QED) is 0.802. The maximum absolute atomic E-state index is 11.2. The third-order valence-electron chi connectivity index (χ3n) is 2.51. The highest BCUT2D eigenvalue weighted by Gasteiger charge is 2.14. The fraction of sp³-hybridized carbons (Fsp3) is 0.462. The molecule has 0 aromatic heterocycles. The highest BCUT2D eigenvalue weighted by molar-refractivity contribution is 5.81. The number of hydrogen-bond acceptors (Lipinski definition) is 2. The molecule has 2 N–H and O–H groups in total. The molecule has 0 saturated carbocycles. The van der Waals surface area contributed by atoms with Crippen LogP contribution in [-0.4, -0.2) is 12.5 Å². The lowest BCUT2D eigenvalue weighted by Gasteiger charge is -2.12. The molecule has 16 heavy (non-hydrogen) atoms. The summed E-state index contributed by atoms with van der Waals surface area (Å²) in [7, 11) is 0. The van der Waals surface area contributed by atoms with Crippen molar-refractivity contribution in [2.75, 3.05) is 6.61 Å². The first-order chi connectivity index (χ1) is 7.69. The molecular weight excluding hydrogens is 202 g/mol. The third-order valence-corrected chi connectivity index (χ3v) is 2.51. The van der Waals surface area contributed by atoms with Crippen molar-refractivity contribution in [2.45, 2.75) is 32.6 Å². The Morgan fingerprint density at radius 2 is 1.94 bits per heavy atom. The van der Waals surface area contributed by atoms with Crippen molar-refractivity contribution in [3.63, 3.8) is 0 Å². The fourth-order valence-corrected chi connectivity index (χ4v) is 1.62. The molecule has 1 atom stereocenters. The van der Waals surface area contributed by atoms with Crippen LogP contribution < -0.4 is 10.5 Å². The fourth-order valence-electron chi connectivity index (χ4n) is 1.62. The lowest BCUT2D eigenvalue weighted by atomic mass is 9.96. The summed E-state index contributed by atoms with van der Waals surface area (Å²) in [5, 5.41) is 0. The summed E-state index contributed by atoms with van der Waals surface area (Å²) in [4.78, 5) is 11.2. The van der Waals surface area contributed by atoms with Crippen molar-refractivity contribution in [2.24, 2.45) is 5.73 Å². The van der Waals surface area contributed by atoms with Gasteiger partial charge in [0.15, 0.2) is 0 Å². The van der Waals surface area contributed by atoms with E-state index in [1.807, 2.05) is 31.2 Å². The summed E-state index contributed by atoms with van der Waals surface area (Å²) in [6, 6.07) is 7.58. The molecule has 1 rings (SSSR count). The van der Waals surface area contributed by atoms with Crippen LogP contribution >= 0.6 is 0 Å².